The molecular formula is C12H16FN3O2. The van der Waals surface area contributed by atoms with E-state index >= 15 is 0 Å². The zero-order chi connectivity index (χ0) is 13.7. The summed E-state index contributed by atoms with van der Waals surface area (Å²) in [4.78, 5) is 29.8. The van der Waals surface area contributed by atoms with Gasteiger partial charge >= 0.3 is 0 Å². The van der Waals surface area contributed by atoms with Crippen molar-refractivity contribution in [2.75, 3.05) is 27.2 Å². The Morgan fingerprint density at radius 3 is 2.44 bits per heavy atom. The van der Waals surface area contributed by atoms with Crippen molar-refractivity contribution in [3.8, 4) is 0 Å². The molecule has 0 aromatic carbocycles. The number of carbonyl (C=O) groups is 2. The van der Waals surface area contributed by atoms with Crippen LogP contribution in [0.15, 0.2) is 18.3 Å². The Hall–Kier alpha value is -1.98. The number of amides is 2. The maximum Gasteiger partial charge on any atom is 0.255 e. The SMILES string of the molecule is CCN(CC(=O)N(C)C)C(=O)c1ccc(F)nc1. The Balaban J connectivity index is 2.79. The summed E-state index contributed by atoms with van der Waals surface area (Å²) in [6.07, 6.45) is 1.17. The fourth-order valence-corrected chi connectivity index (χ4v) is 1.32. The summed E-state index contributed by atoms with van der Waals surface area (Å²) in [6.45, 7) is 2.17. The highest BCUT2D eigenvalue weighted by molar-refractivity contribution is 5.96. The third-order valence-corrected chi connectivity index (χ3v) is 2.47. The molecule has 0 aliphatic carbocycles. The molecule has 6 heteroatoms. The number of likely N-dealkylation sites (N-methyl/N-ethyl adjacent to an activating group) is 2. The third kappa shape index (κ3) is 3.51. The number of nitrogens with zero attached hydrogens (tertiary/aromatic N) is 3. The first-order valence-corrected chi connectivity index (χ1v) is 5.56. The van der Waals surface area contributed by atoms with Crippen molar-refractivity contribution in [3.05, 3.63) is 29.8 Å². The molecule has 0 fully saturated rings. The highest BCUT2D eigenvalue weighted by Gasteiger charge is 2.18. The number of rotatable bonds is 4. The average Bonchev–Trinajstić information content (AvgIpc) is 2.35. The minimum absolute atomic E-state index is 0.000288. The fraction of sp³-hybridized carbons (Fsp3) is 0.417. The first-order valence-electron chi connectivity index (χ1n) is 5.56. The quantitative estimate of drug-likeness (QED) is 0.745. The summed E-state index contributed by atoms with van der Waals surface area (Å²) in [5.74, 6) is -1.14. The molecule has 0 saturated heterocycles. The van der Waals surface area contributed by atoms with E-state index in [0.717, 1.165) is 6.07 Å². The molecule has 98 valence electrons. The van der Waals surface area contributed by atoms with E-state index in [9.17, 15) is 14.0 Å². The van der Waals surface area contributed by atoms with Crippen LogP contribution in [0.4, 0.5) is 4.39 Å². The maximum atomic E-state index is 12.7. The van der Waals surface area contributed by atoms with Crippen LogP contribution in [0.3, 0.4) is 0 Å². The van der Waals surface area contributed by atoms with Gasteiger partial charge in [-0.2, -0.15) is 4.39 Å². The molecule has 1 aromatic heterocycles. The van der Waals surface area contributed by atoms with Crippen LogP contribution in [0.2, 0.25) is 0 Å². The molecule has 1 rings (SSSR count). The van der Waals surface area contributed by atoms with Crippen molar-refractivity contribution in [1.82, 2.24) is 14.8 Å². The maximum absolute atomic E-state index is 12.7. The van der Waals surface area contributed by atoms with Crippen LogP contribution in [0.25, 0.3) is 0 Å². The molecule has 0 radical (unpaired) electrons. The number of hydrogen-bond acceptors (Lipinski definition) is 3. The lowest BCUT2D eigenvalue weighted by Gasteiger charge is -2.22. The molecular weight excluding hydrogens is 237 g/mol. The van der Waals surface area contributed by atoms with Crippen molar-refractivity contribution >= 4 is 11.8 Å². The van der Waals surface area contributed by atoms with Gasteiger partial charge in [-0.3, -0.25) is 9.59 Å². The zero-order valence-corrected chi connectivity index (χ0v) is 10.7. The molecule has 2 amide bonds. The number of pyridine rings is 1. The summed E-state index contributed by atoms with van der Waals surface area (Å²) in [7, 11) is 3.25. The van der Waals surface area contributed by atoms with Gasteiger partial charge in [0.05, 0.1) is 12.1 Å². The summed E-state index contributed by atoms with van der Waals surface area (Å²) in [5.41, 5.74) is 0.268. The van der Waals surface area contributed by atoms with Gasteiger partial charge in [-0.1, -0.05) is 0 Å². The second kappa shape index (κ2) is 6.09. The van der Waals surface area contributed by atoms with Crippen molar-refractivity contribution in [3.63, 3.8) is 0 Å². The van der Waals surface area contributed by atoms with Gasteiger partial charge in [-0.25, -0.2) is 4.98 Å². The predicted octanol–water partition coefficient (Wildman–Crippen LogP) is 0.771. The van der Waals surface area contributed by atoms with E-state index in [1.807, 2.05) is 0 Å². The molecule has 0 aliphatic heterocycles. The Labute approximate surface area is 105 Å². The van der Waals surface area contributed by atoms with Gasteiger partial charge in [0.15, 0.2) is 0 Å². The minimum Gasteiger partial charge on any atom is -0.347 e. The molecule has 0 atom stereocenters. The van der Waals surface area contributed by atoms with Gasteiger partial charge in [0.2, 0.25) is 11.9 Å². The fourth-order valence-electron chi connectivity index (χ4n) is 1.32. The van der Waals surface area contributed by atoms with Crippen LogP contribution in [0.5, 0.6) is 0 Å². The van der Waals surface area contributed by atoms with Crippen molar-refractivity contribution in [2.24, 2.45) is 0 Å². The van der Waals surface area contributed by atoms with Crippen LogP contribution < -0.4 is 0 Å². The van der Waals surface area contributed by atoms with E-state index in [4.69, 9.17) is 0 Å². The first kappa shape index (κ1) is 14.1. The van der Waals surface area contributed by atoms with E-state index in [-0.39, 0.29) is 23.9 Å². The lowest BCUT2D eigenvalue weighted by atomic mass is 10.2. The summed E-state index contributed by atoms with van der Waals surface area (Å²) in [5, 5.41) is 0. The van der Waals surface area contributed by atoms with Crippen LogP contribution >= 0.6 is 0 Å². The number of aromatic nitrogens is 1. The van der Waals surface area contributed by atoms with E-state index in [2.05, 4.69) is 4.98 Å². The molecule has 18 heavy (non-hydrogen) atoms. The third-order valence-electron chi connectivity index (χ3n) is 2.47. The van der Waals surface area contributed by atoms with E-state index < -0.39 is 5.95 Å². The molecule has 1 heterocycles. The van der Waals surface area contributed by atoms with Gasteiger partial charge in [-0.05, 0) is 19.1 Å². The number of hydrogen-bond donors (Lipinski definition) is 0. The van der Waals surface area contributed by atoms with E-state index in [1.54, 1.807) is 21.0 Å². The van der Waals surface area contributed by atoms with Gasteiger partial charge in [0, 0.05) is 26.8 Å². The van der Waals surface area contributed by atoms with E-state index in [1.165, 1.54) is 22.1 Å². The molecule has 0 saturated carbocycles. The zero-order valence-electron chi connectivity index (χ0n) is 10.7. The first-order chi connectivity index (χ1) is 8.45. The van der Waals surface area contributed by atoms with Crippen molar-refractivity contribution < 1.29 is 14.0 Å². The Morgan fingerprint density at radius 2 is 2.00 bits per heavy atom. The molecule has 0 aliphatic rings. The monoisotopic (exact) mass is 253 g/mol. The molecule has 5 nitrogen and oxygen atoms in total. The second-order valence-corrected chi connectivity index (χ2v) is 3.98. The highest BCUT2D eigenvalue weighted by Crippen LogP contribution is 2.05. The normalized spacial score (nSPS) is 10.0. The topological polar surface area (TPSA) is 53.5 Å². The number of carbonyl (C=O) groups excluding carboxylic acids is 2. The van der Waals surface area contributed by atoms with Gasteiger partial charge in [0.25, 0.3) is 5.91 Å². The molecule has 0 N–H and O–H groups in total. The van der Waals surface area contributed by atoms with Gasteiger partial charge in [-0.15, -0.1) is 0 Å². The Bertz CT molecular complexity index is 431. The van der Waals surface area contributed by atoms with E-state index in [0.29, 0.717) is 6.54 Å². The lowest BCUT2D eigenvalue weighted by molar-refractivity contribution is -0.129. The van der Waals surface area contributed by atoms with Crippen LogP contribution in [-0.2, 0) is 4.79 Å². The molecule has 0 unspecified atom stereocenters. The van der Waals surface area contributed by atoms with Crippen molar-refractivity contribution in [2.45, 2.75) is 6.92 Å². The summed E-state index contributed by atoms with van der Waals surface area (Å²) < 4.78 is 12.7. The predicted molar refractivity (Wildman–Crippen MR) is 64.5 cm³/mol. The second-order valence-electron chi connectivity index (χ2n) is 3.98. The average molecular weight is 253 g/mol. The van der Waals surface area contributed by atoms with Crippen LogP contribution in [0, 0.1) is 5.95 Å². The molecule has 0 bridgehead atoms. The highest BCUT2D eigenvalue weighted by atomic mass is 19.1. The minimum atomic E-state index is -0.640. The molecule has 1 aromatic rings. The van der Waals surface area contributed by atoms with Gasteiger partial charge < -0.3 is 9.80 Å². The van der Waals surface area contributed by atoms with Gasteiger partial charge in [0.1, 0.15) is 0 Å². The summed E-state index contributed by atoms with van der Waals surface area (Å²) >= 11 is 0. The Morgan fingerprint density at radius 1 is 1.33 bits per heavy atom. The van der Waals surface area contributed by atoms with Crippen molar-refractivity contribution in [1.29, 1.82) is 0 Å². The standard InChI is InChI=1S/C12H16FN3O2/c1-4-16(8-11(17)15(2)3)12(18)9-5-6-10(13)14-7-9/h5-7H,4,8H2,1-3H3. The summed E-state index contributed by atoms with van der Waals surface area (Å²) in [6, 6.07) is 2.47. The molecule has 0 spiro atoms. The van der Waals surface area contributed by atoms with Crippen LogP contribution in [-0.4, -0.2) is 53.8 Å². The number of halogens is 1. The Kier molecular flexibility index (Phi) is 4.76. The van der Waals surface area contributed by atoms with Crippen LogP contribution in [0.1, 0.15) is 17.3 Å². The lowest BCUT2D eigenvalue weighted by Crippen LogP contribution is -2.40. The smallest absolute Gasteiger partial charge is 0.255 e. The largest absolute Gasteiger partial charge is 0.347 e.